The molecule has 4 atom stereocenters. The first-order chi connectivity index (χ1) is 18.0. The summed E-state index contributed by atoms with van der Waals surface area (Å²) in [6.45, 7) is 10.1. The van der Waals surface area contributed by atoms with E-state index in [9.17, 15) is 24.0 Å². The van der Waals surface area contributed by atoms with Gasteiger partial charge in [-0.3, -0.25) is 19.2 Å². The summed E-state index contributed by atoms with van der Waals surface area (Å²) in [7, 11) is 0. The average molecular weight is 527 g/mol. The molecule has 0 aliphatic carbocycles. The van der Waals surface area contributed by atoms with Crippen LogP contribution in [-0.2, 0) is 24.0 Å². The standard InChI is InChI=1S/C29H42N4O5/c1-18(2)15-24(28(37)31-23(17-34)16-22-7-6-14-30-27(22)36)32-29(38)26(19(3)4)33-25(35)13-12-21-10-8-20(5)9-11-21/h8-13,17-19,22-24,26H,6-7,14-16H2,1-5H3,(H,30,36)(H,31,37)(H,32,38)(H,33,35)/b13-12+/t22-,23-,24-,26-/m0/s1. The minimum absolute atomic E-state index is 0.0781. The Morgan fingerprint density at radius 1 is 1.03 bits per heavy atom. The second-order valence-corrected chi connectivity index (χ2v) is 10.8. The maximum atomic E-state index is 13.2. The van der Waals surface area contributed by atoms with Crippen LogP contribution in [0.15, 0.2) is 30.3 Å². The van der Waals surface area contributed by atoms with Crippen LogP contribution in [0.4, 0.5) is 0 Å². The number of carbonyl (C=O) groups is 5. The van der Waals surface area contributed by atoms with E-state index in [-0.39, 0.29) is 30.1 Å². The molecule has 9 nitrogen and oxygen atoms in total. The van der Waals surface area contributed by atoms with Gasteiger partial charge in [0.15, 0.2) is 0 Å². The Morgan fingerprint density at radius 3 is 2.29 bits per heavy atom. The van der Waals surface area contributed by atoms with Crippen molar-refractivity contribution in [3.05, 3.63) is 41.5 Å². The van der Waals surface area contributed by atoms with Gasteiger partial charge in [0.1, 0.15) is 18.4 Å². The average Bonchev–Trinajstić information content (AvgIpc) is 2.86. The molecule has 1 fully saturated rings. The summed E-state index contributed by atoms with van der Waals surface area (Å²) in [5.41, 5.74) is 1.97. The van der Waals surface area contributed by atoms with Crippen LogP contribution in [0.3, 0.4) is 0 Å². The summed E-state index contributed by atoms with van der Waals surface area (Å²) in [4.78, 5) is 62.7. The van der Waals surface area contributed by atoms with E-state index in [0.29, 0.717) is 25.7 Å². The first-order valence-electron chi connectivity index (χ1n) is 13.4. The molecule has 0 unspecified atom stereocenters. The van der Waals surface area contributed by atoms with Gasteiger partial charge < -0.3 is 26.1 Å². The number of amides is 4. The Morgan fingerprint density at radius 2 is 1.71 bits per heavy atom. The molecule has 0 radical (unpaired) electrons. The molecule has 1 saturated heterocycles. The maximum absolute atomic E-state index is 13.2. The maximum Gasteiger partial charge on any atom is 0.244 e. The minimum Gasteiger partial charge on any atom is -0.356 e. The summed E-state index contributed by atoms with van der Waals surface area (Å²) >= 11 is 0. The first-order valence-corrected chi connectivity index (χ1v) is 13.4. The van der Waals surface area contributed by atoms with Gasteiger partial charge in [0.2, 0.25) is 23.6 Å². The van der Waals surface area contributed by atoms with Gasteiger partial charge in [-0.1, -0.05) is 57.5 Å². The quantitative estimate of drug-likeness (QED) is 0.231. The largest absolute Gasteiger partial charge is 0.356 e. The second kappa shape index (κ2) is 15.1. The van der Waals surface area contributed by atoms with Crippen molar-refractivity contribution in [2.24, 2.45) is 17.8 Å². The highest BCUT2D eigenvalue weighted by atomic mass is 16.2. The molecule has 1 aliphatic heterocycles. The zero-order valence-electron chi connectivity index (χ0n) is 23.1. The van der Waals surface area contributed by atoms with Crippen LogP contribution in [0.1, 0.15) is 64.5 Å². The van der Waals surface area contributed by atoms with Crippen molar-refractivity contribution in [2.45, 2.75) is 78.4 Å². The lowest BCUT2D eigenvalue weighted by molar-refractivity contribution is -0.133. The van der Waals surface area contributed by atoms with Crippen LogP contribution < -0.4 is 21.3 Å². The van der Waals surface area contributed by atoms with Crippen LogP contribution in [0.25, 0.3) is 6.08 Å². The van der Waals surface area contributed by atoms with E-state index in [1.807, 2.05) is 58.9 Å². The molecule has 2 rings (SSSR count). The third-order valence-corrected chi connectivity index (χ3v) is 6.52. The Kier molecular flexibility index (Phi) is 12.2. The molecule has 38 heavy (non-hydrogen) atoms. The Balaban J connectivity index is 2.04. The van der Waals surface area contributed by atoms with E-state index in [2.05, 4.69) is 21.3 Å². The Hall–Kier alpha value is -3.49. The monoisotopic (exact) mass is 526 g/mol. The SMILES string of the molecule is Cc1ccc(/C=C/C(=O)N[C@H](C(=O)N[C@@H](CC(C)C)C(=O)N[C@H](C=O)C[C@@H]2CCCNC2=O)C(C)C)cc1. The molecule has 4 N–H and O–H groups in total. The summed E-state index contributed by atoms with van der Waals surface area (Å²) in [5, 5.41) is 11.0. The molecule has 0 bridgehead atoms. The number of piperidine rings is 1. The number of hydrogen-bond acceptors (Lipinski definition) is 5. The second-order valence-electron chi connectivity index (χ2n) is 10.8. The zero-order valence-corrected chi connectivity index (χ0v) is 23.1. The molecular formula is C29H42N4O5. The van der Waals surface area contributed by atoms with Crippen molar-refractivity contribution in [3.63, 3.8) is 0 Å². The van der Waals surface area contributed by atoms with Gasteiger partial charge >= 0.3 is 0 Å². The van der Waals surface area contributed by atoms with E-state index in [1.54, 1.807) is 6.08 Å². The smallest absolute Gasteiger partial charge is 0.244 e. The summed E-state index contributed by atoms with van der Waals surface area (Å²) in [6.07, 6.45) is 5.72. The number of hydrogen-bond donors (Lipinski definition) is 4. The molecule has 1 aromatic rings. The fraction of sp³-hybridized carbons (Fsp3) is 0.552. The first kappa shape index (κ1) is 30.7. The topological polar surface area (TPSA) is 133 Å². The lowest BCUT2D eigenvalue weighted by Gasteiger charge is -2.28. The number of benzene rings is 1. The van der Waals surface area contributed by atoms with Crippen molar-refractivity contribution < 1.29 is 24.0 Å². The predicted molar refractivity (Wildman–Crippen MR) is 147 cm³/mol. The van der Waals surface area contributed by atoms with E-state index in [4.69, 9.17) is 0 Å². The van der Waals surface area contributed by atoms with Gasteiger partial charge in [-0.15, -0.1) is 0 Å². The number of aldehydes is 1. The van der Waals surface area contributed by atoms with Gasteiger partial charge in [-0.2, -0.15) is 0 Å². The van der Waals surface area contributed by atoms with Crippen LogP contribution in [0.5, 0.6) is 0 Å². The predicted octanol–water partition coefficient (Wildman–Crippen LogP) is 2.28. The third kappa shape index (κ3) is 10.1. The third-order valence-electron chi connectivity index (χ3n) is 6.52. The van der Waals surface area contributed by atoms with Crippen LogP contribution in [0, 0.1) is 24.7 Å². The highest BCUT2D eigenvalue weighted by Crippen LogP contribution is 2.17. The minimum atomic E-state index is -0.897. The summed E-state index contributed by atoms with van der Waals surface area (Å²) < 4.78 is 0. The molecule has 0 saturated carbocycles. The fourth-order valence-corrected chi connectivity index (χ4v) is 4.35. The molecule has 208 valence electrons. The van der Waals surface area contributed by atoms with Gasteiger partial charge in [0, 0.05) is 18.5 Å². The van der Waals surface area contributed by atoms with Crippen molar-refractivity contribution in [1.82, 2.24) is 21.3 Å². The summed E-state index contributed by atoms with van der Waals surface area (Å²) in [5.74, 6) is -2.00. The molecule has 1 aromatic carbocycles. The Bertz CT molecular complexity index is 1000. The van der Waals surface area contributed by atoms with Crippen molar-refractivity contribution >= 4 is 36.0 Å². The van der Waals surface area contributed by atoms with E-state index in [0.717, 1.165) is 17.5 Å². The number of aryl methyl sites for hydroxylation is 1. The number of rotatable bonds is 13. The van der Waals surface area contributed by atoms with E-state index < -0.39 is 35.8 Å². The van der Waals surface area contributed by atoms with Gasteiger partial charge in [-0.25, -0.2) is 0 Å². The van der Waals surface area contributed by atoms with Crippen molar-refractivity contribution in [3.8, 4) is 0 Å². The Labute approximate surface area is 225 Å². The van der Waals surface area contributed by atoms with Crippen LogP contribution in [0.2, 0.25) is 0 Å². The number of nitrogens with one attached hydrogen (secondary N) is 4. The molecule has 4 amide bonds. The molecule has 0 spiro atoms. The highest BCUT2D eigenvalue weighted by molar-refractivity contribution is 5.97. The van der Waals surface area contributed by atoms with Gasteiger partial charge in [0.25, 0.3) is 0 Å². The van der Waals surface area contributed by atoms with Gasteiger partial charge in [-0.05, 0) is 56.1 Å². The molecule has 9 heteroatoms. The summed E-state index contributed by atoms with van der Waals surface area (Å²) in [6, 6.07) is 5.09. The van der Waals surface area contributed by atoms with E-state index in [1.165, 1.54) is 6.08 Å². The molecule has 0 aromatic heterocycles. The fourth-order valence-electron chi connectivity index (χ4n) is 4.35. The number of carbonyl (C=O) groups excluding carboxylic acids is 5. The van der Waals surface area contributed by atoms with Crippen molar-refractivity contribution in [1.29, 1.82) is 0 Å². The molecule has 1 heterocycles. The van der Waals surface area contributed by atoms with Crippen LogP contribution in [-0.4, -0.2) is 54.6 Å². The zero-order chi connectivity index (χ0) is 28.2. The lowest BCUT2D eigenvalue weighted by atomic mass is 9.91. The van der Waals surface area contributed by atoms with Gasteiger partial charge in [0.05, 0.1) is 6.04 Å². The van der Waals surface area contributed by atoms with E-state index >= 15 is 0 Å². The lowest BCUT2D eigenvalue weighted by Crippen LogP contribution is -2.56. The van der Waals surface area contributed by atoms with Crippen molar-refractivity contribution in [2.75, 3.05) is 6.54 Å². The molecular weight excluding hydrogens is 484 g/mol. The normalized spacial score (nSPS) is 18.0. The van der Waals surface area contributed by atoms with Crippen LogP contribution >= 0.6 is 0 Å². The highest BCUT2D eigenvalue weighted by Gasteiger charge is 2.31. The molecule has 1 aliphatic rings.